The third-order valence-corrected chi connectivity index (χ3v) is 1.88. The van der Waals surface area contributed by atoms with E-state index in [0.29, 0.717) is 6.42 Å². The second-order valence-corrected chi connectivity index (χ2v) is 2.86. The van der Waals surface area contributed by atoms with Gasteiger partial charge >= 0.3 is 0 Å². The summed E-state index contributed by atoms with van der Waals surface area (Å²) < 4.78 is 5.02. The predicted molar refractivity (Wildman–Crippen MR) is 52.9 cm³/mol. The zero-order valence-electron chi connectivity index (χ0n) is 7.73. The van der Waals surface area contributed by atoms with E-state index in [4.69, 9.17) is 4.74 Å². The van der Waals surface area contributed by atoms with Crippen LogP contribution >= 0.6 is 0 Å². The summed E-state index contributed by atoms with van der Waals surface area (Å²) in [7, 11) is 1.63. The summed E-state index contributed by atoms with van der Waals surface area (Å²) in [6.07, 6.45) is 1.67. The Kier molecular flexibility index (Phi) is 3.53. The summed E-state index contributed by atoms with van der Waals surface area (Å²) in [5.74, 6) is 0.830. The Morgan fingerprint density at radius 3 is 2.54 bits per heavy atom. The van der Waals surface area contributed by atoms with Gasteiger partial charge in [0.25, 0.3) is 0 Å². The van der Waals surface area contributed by atoms with Gasteiger partial charge in [0.05, 0.1) is 13.2 Å². The normalized spacial score (nSPS) is 12.2. The van der Waals surface area contributed by atoms with Crippen LogP contribution in [-0.2, 0) is 6.42 Å². The van der Waals surface area contributed by atoms with E-state index >= 15 is 0 Å². The minimum absolute atomic E-state index is 0.464. The Morgan fingerprint density at radius 1 is 1.46 bits per heavy atom. The first-order valence-electron chi connectivity index (χ1n) is 4.20. The summed E-state index contributed by atoms with van der Waals surface area (Å²) in [6, 6.07) is 7.63. The molecule has 1 atom stereocenters. The number of methoxy groups -OCH3 is 1. The van der Waals surface area contributed by atoms with E-state index in [0.717, 1.165) is 11.3 Å². The fourth-order valence-corrected chi connectivity index (χ4v) is 1.09. The van der Waals surface area contributed by atoms with Crippen LogP contribution in [0.25, 0.3) is 0 Å². The van der Waals surface area contributed by atoms with E-state index in [1.54, 1.807) is 7.11 Å². The van der Waals surface area contributed by atoms with E-state index in [1.807, 2.05) is 24.3 Å². The molecule has 0 saturated carbocycles. The summed E-state index contributed by atoms with van der Waals surface area (Å²) in [4.78, 5) is 0. The Morgan fingerprint density at radius 2 is 2.08 bits per heavy atom. The van der Waals surface area contributed by atoms with Gasteiger partial charge in [0, 0.05) is 6.42 Å². The molecule has 1 N–H and O–H groups in total. The van der Waals surface area contributed by atoms with Gasteiger partial charge in [-0.3, -0.25) is 0 Å². The van der Waals surface area contributed by atoms with Crippen LogP contribution in [0, 0.1) is 0 Å². The van der Waals surface area contributed by atoms with Gasteiger partial charge in [-0.25, -0.2) is 0 Å². The number of aliphatic hydroxyl groups is 1. The van der Waals surface area contributed by atoms with Crippen molar-refractivity contribution in [3.05, 3.63) is 42.5 Å². The van der Waals surface area contributed by atoms with Crippen LogP contribution in [0.5, 0.6) is 5.75 Å². The molecule has 1 rings (SSSR count). The first-order chi connectivity index (χ1) is 6.26. The van der Waals surface area contributed by atoms with Crippen LogP contribution in [-0.4, -0.2) is 18.3 Å². The van der Waals surface area contributed by atoms with Gasteiger partial charge in [0.15, 0.2) is 0 Å². The van der Waals surface area contributed by atoms with Crippen molar-refractivity contribution in [2.75, 3.05) is 7.11 Å². The Hall–Kier alpha value is -1.28. The maximum Gasteiger partial charge on any atom is 0.118 e. The van der Waals surface area contributed by atoms with Crippen molar-refractivity contribution >= 4 is 0 Å². The standard InChI is InChI=1S/C11H14O2/c1-3-10(12)8-9-4-6-11(13-2)7-5-9/h3-7,10,12H,1,8H2,2H3/t10-/m1/s1. The number of rotatable bonds is 4. The molecule has 0 aromatic heterocycles. The van der Waals surface area contributed by atoms with Crippen LogP contribution in [0.4, 0.5) is 0 Å². The van der Waals surface area contributed by atoms with Gasteiger partial charge in [-0.15, -0.1) is 6.58 Å². The number of ether oxygens (including phenoxy) is 1. The maximum absolute atomic E-state index is 9.29. The largest absolute Gasteiger partial charge is 0.497 e. The van der Waals surface area contributed by atoms with Crippen LogP contribution in [0.3, 0.4) is 0 Å². The molecule has 13 heavy (non-hydrogen) atoms. The fraction of sp³-hybridized carbons (Fsp3) is 0.273. The molecule has 2 nitrogen and oxygen atoms in total. The predicted octanol–water partition coefficient (Wildman–Crippen LogP) is 1.78. The van der Waals surface area contributed by atoms with E-state index in [2.05, 4.69) is 6.58 Å². The zero-order valence-corrected chi connectivity index (χ0v) is 7.73. The molecular weight excluding hydrogens is 164 g/mol. The van der Waals surface area contributed by atoms with Crippen molar-refractivity contribution in [3.8, 4) is 5.75 Å². The number of hydrogen-bond donors (Lipinski definition) is 1. The third-order valence-electron chi connectivity index (χ3n) is 1.88. The van der Waals surface area contributed by atoms with Gasteiger partial charge < -0.3 is 9.84 Å². The van der Waals surface area contributed by atoms with E-state index in [9.17, 15) is 5.11 Å². The van der Waals surface area contributed by atoms with Crippen LogP contribution < -0.4 is 4.74 Å². The molecule has 0 aliphatic rings. The van der Waals surface area contributed by atoms with Crippen molar-refractivity contribution in [2.24, 2.45) is 0 Å². The van der Waals surface area contributed by atoms with E-state index in [-0.39, 0.29) is 0 Å². The first kappa shape index (κ1) is 9.81. The summed E-state index contributed by atoms with van der Waals surface area (Å²) in [5.41, 5.74) is 1.08. The van der Waals surface area contributed by atoms with Gasteiger partial charge in [-0.2, -0.15) is 0 Å². The molecule has 70 valence electrons. The lowest BCUT2D eigenvalue weighted by Crippen LogP contribution is -2.05. The lowest BCUT2D eigenvalue weighted by molar-refractivity contribution is 0.224. The molecule has 1 aromatic rings. The topological polar surface area (TPSA) is 29.5 Å². The number of aliphatic hydroxyl groups excluding tert-OH is 1. The lowest BCUT2D eigenvalue weighted by atomic mass is 10.1. The van der Waals surface area contributed by atoms with Gasteiger partial charge in [0.1, 0.15) is 5.75 Å². The zero-order chi connectivity index (χ0) is 9.68. The van der Waals surface area contributed by atoms with Gasteiger partial charge in [0.2, 0.25) is 0 Å². The third kappa shape index (κ3) is 2.92. The van der Waals surface area contributed by atoms with E-state index < -0.39 is 6.10 Å². The number of hydrogen-bond acceptors (Lipinski definition) is 2. The molecule has 0 fully saturated rings. The van der Waals surface area contributed by atoms with Crippen LogP contribution in [0.15, 0.2) is 36.9 Å². The van der Waals surface area contributed by atoms with Crippen LogP contribution in [0.1, 0.15) is 5.56 Å². The van der Waals surface area contributed by atoms with Crippen LogP contribution in [0.2, 0.25) is 0 Å². The average molecular weight is 178 g/mol. The quantitative estimate of drug-likeness (QED) is 0.712. The second kappa shape index (κ2) is 4.67. The highest BCUT2D eigenvalue weighted by atomic mass is 16.5. The monoisotopic (exact) mass is 178 g/mol. The minimum atomic E-state index is -0.464. The van der Waals surface area contributed by atoms with Gasteiger partial charge in [-0.1, -0.05) is 18.2 Å². The van der Waals surface area contributed by atoms with Crippen molar-refractivity contribution < 1.29 is 9.84 Å². The Bertz CT molecular complexity index is 264. The highest BCUT2D eigenvalue weighted by molar-refractivity contribution is 5.27. The maximum atomic E-state index is 9.29. The van der Waals surface area contributed by atoms with Crippen molar-refractivity contribution in [2.45, 2.75) is 12.5 Å². The summed E-state index contributed by atoms with van der Waals surface area (Å²) >= 11 is 0. The molecule has 0 amide bonds. The molecule has 0 aliphatic heterocycles. The molecular formula is C11H14O2. The highest BCUT2D eigenvalue weighted by Crippen LogP contribution is 2.12. The SMILES string of the molecule is C=C[C@@H](O)Cc1ccc(OC)cc1. The molecule has 0 saturated heterocycles. The van der Waals surface area contributed by atoms with Crippen molar-refractivity contribution in [1.29, 1.82) is 0 Å². The highest BCUT2D eigenvalue weighted by Gasteiger charge is 2.00. The smallest absolute Gasteiger partial charge is 0.118 e. The molecule has 0 heterocycles. The molecule has 0 spiro atoms. The molecule has 2 heteroatoms. The lowest BCUT2D eigenvalue weighted by Gasteiger charge is -2.05. The van der Waals surface area contributed by atoms with Crippen molar-refractivity contribution in [1.82, 2.24) is 0 Å². The summed E-state index contributed by atoms with van der Waals surface area (Å²) in [6.45, 7) is 3.52. The van der Waals surface area contributed by atoms with Crippen molar-refractivity contribution in [3.63, 3.8) is 0 Å². The molecule has 0 unspecified atom stereocenters. The minimum Gasteiger partial charge on any atom is -0.497 e. The molecule has 1 aromatic carbocycles. The fourth-order valence-electron chi connectivity index (χ4n) is 1.09. The van der Waals surface area contributed by atoms with Gasteiger partial charge in [-0.05, 0) is 17.7 Å². The molecule has 0 aliphatic carbocycles. The average Bonchev–Trinajstić information content (AvgIpc) is 2.19. The van der Waals surface area contributed by atoms with E-state index in [1.165, 1.54) is 6.08 Å². The molecule has 0 radical (unpaired) electrons. The first-order valence-corrected chi connectivity index (χ1v) is 4.20. The Balaban J connectivity index is 2.63. The molecule has 0 bridgehead atoms. The Labute approximate surface area is 78.5 Å². The summed E-state index contributed by atoms with van der Waals surface area (Å²) in [5, 5.41) is 9.29. The number of benzene rings is 1. The second-order valence-electron chi connectivity index (χ2n) is 2.86.